The summed E-state index contributed by atoms with van der Waals surface area (Å²) in [6.45, 7) is 4.47. The van der Waals surface area contributed by atoms with Gasteiger partial charge in [-0.3, -0.25) is 4.79 Å². The second kappa shape index (κ2) is 6.60. The molecule has 90 valence electrons. The van der Waals surface area contributed by atoms with Crippen molar-refractivity contribution in [2.45, 2.75) is 20.3 Å². The zero-order valence-corrected chi connectivity index (χ0v) is 9.27. The fourth-order valence-electron chi connectivity index (χ4n) is 1.19. The van der Waals surface area contributed by atoms with Gasteiger partial charge in [-0.05, 0) is 13.8 Å². The predicted molar refractivity (Wildman–Crippen MR) is 55.9 cm³/mol. The number of amides is 1. The smallest absolute Gasteiger partial charge is 0.332 e. The van der Waals surface area contributed by atoms with E-state index in [0.717, 1.165) is 0 Å². The van der Waals surface area contributed by atoms with Gasteiger partial charge in [-0.2, -0.15) is 0 Å². The van der Waals surface area contributed by atoms with Crippen LogP contribution in [0.2, 0.25) is 0 Å². The molecule has 1 amide bonds. The Bertz CT molecular complexity index is 317. The van der Waals surface area contributed by atoms with Gasteiger partial charge < -0.3 is 15.1 Å². The molecule has 0 bridgehead atoms. The number of hydrogen-bond acceptors (Lipinski definition) is 3. The van der Waals surface area contributed by atoms with Gasteiger partial charge in [0.2, 0.25) is 5.91 Å². The third kappa shape index (κ3) is 4.59. The van der Waals surface area contributed by atoms with Crippen molar-refractivity contribution in [2.75, 3.05) is 13.1 Å². The van der Waals surface area contributed by atoms with Crippen molar-refractivity contribution in [3.05, 3.63) is 11.6 Å². The first-order valence-electron chi connectivity index (χ1n) is 4.86. The SMILES string of the molecule is CCN(CC)C(=O)C/C(=C/C(=O)O)C(=O)O. The minimum absolute atomic E-state index is 0.389. The molecule has 0 rings (SSSR count). The molecule has 0 aliphatic carbocycles. The van der Waals surface area contributed by atoms with Crippen molar-refractivity contribution in [1.29, 1.82) is 0 Å². The molecule has 6 heteroatoms. The number of nitrogens with zero attached hydrogens (tertiary/aromatic N) is 1. The van der Waals surface area contributed by atoms with Gasteiger partial charge in [0.15, 0.2) is 0 Å². The zero-order chi connectivity index (χ0) is 12.7. The molecule has 6 nitrogen and oxygen atoms in total. The first-order valence-corrected chi connectivity index (χ1v) is 4.86. The summed E-state index contributed by atoms with van der Waals surface area (Å²) in [5, 5.41) is 17.1. The summed E-state index contributed by atoms with van der Waals surface area (Å²) in [6, 6.07) is 0. The van der Waals surface area contributed by atoms with E-state index >= 15 is 0 Å². The third-order valence-corrected chi connectivity index (χ3v) is 2.03. The van der Waals surface area contributed by atoms with Crippen LogP contribution in [-0.2, 0) is 14.4 Å². The van der Waals surface area contributed by atoms with E-state index < -0.39 is 23.9 Å². The monoisotopic (exact) mass is 229 g/mol. The van der Waals surface area contributed by atoms with Gasteiger partial charge in [-0.15, -0.1) is 0 Å². The lowest BCUT2D eigenvalue weighted by Crippen LogP contribution is -2.31. The molecule has 0 spiro atoms. The highest BCUT2D eigenvalue weighted by molar-refractivity contribution is 5.99. The number of aliphatic carboxylic acids is 2. The van der Waals surface area contributed by atoms with Gasteiger partial charge in [0.25, 0.3) is 0 Å². The van der Waals surface area contributed by atoms with E-state index in [1.807, 2.05) is 0 Å². The van der Waals surface area contributed by atoms with Crippen LogP contribution in [0.25, 0.3) is 0 Å². The lowest BCUT2D eigenvalue weighted by Gasteiger charge is -2.18. The maximum absolute atomic E-state index is 11.5. The van der Waals surface area contributed by atoms with Gasteiger partial charge in [-0.25, -0.2) is 9.59 Å². The normalized spacial score (nSPS) is 11.0. The lowest BCUT2D eigenvalue weighted by molar-refractivity contribution is -0.137. The van der Waals surface area contributed by atoms with E-state index in [2.05, 4.69) is 0 Å². The number of hydrogen-bond donors (Lipinski definition) is 2. The summed E-state index contributed by atoms with van der Waals surface area (Å²) in [7, 11) is 0. The minimum Gasteiger partial charge on any atom is -0.478 e. The van der Waals surface area contributed by atoms with Gasteiger partial charge in [0, 0.05) is 19.2 Å². The standard InChI is InChI=1S/C10H15NO5/c1-3-11(4-2)8(12)5-7(10(15)16)6-9(13)14/h6H,3-5H2,1-2H3,(H,13,14)(H,15,16)/b7-6-. The fraction of sp³-hybridized carbons (Fsp3) is 0.500. The molecular formula is C10H15NO5. The highest BCUT2D eigenvalue weighted by atomic mass is 16.4. The molecule has 0 aliphatic heterocycles. The zero-order valence-electron chi connectivity index (χ0n) is 9.27. The van der Waals surface area contributed by atoms with Crippen molar-refractivity contribution in [1.82, 2.24) is 4.90 Å². The Morgan fingerprint density at radius 3 is 1.94 bits per heavy atom. The van der Waals surface area contributed by atoms with Gasteiger partial charge in [0.1, 0.15) is 0 Å². The molecule has 0 fully saturated rings. The largest absolute Gasteiger partial charge is 0.478 e. The van der Waals surface area contributed by atoms with Gasteiger partial charge >= 0.3 is 11.9 Å². The predicted octanol–water partition coefficient (Wildman–Crippen LogP) is 0.340. The van der Waals surface area contributed by atoms with Crippen molar-refractivity contribution < 1.29 is 24.6 Å². The van der Waals surface area contributed by atoms with Crippen molar-refractivity contribution in [2.24, 2.45) is 0 Å². The Labute approximate surface area is 93.2 Å². The van der Waals surface area contributed by atoms with Crippen molar-refractivity contribution in [3.8, 4) is 0 Å². The lowest BCUT2D eigenvalue weighted by atomic mass is 10.1. The number of rotatable bonds is 6. The summed E-state index contributed by atoms with van der Waals surface area (Å²) < 4.78 is 0. The van der Waals surface area contributed by atoms with Crippen LogP contribution >= 0.6 is 0 Å². The Hall–Kier alpha value is -1.85. The highest BCUT2D eigenvalue weighted by Gasteiger charge is 2.17. The number of carbonyl (C=O) groups is 3. The van der Waals surface area contributed by atoms with Crippen LogP contribution < -0.4 is 0 Å². The fourth-order valence-corrected chi connectivity index (χ4v) is 1.19. The second-order valence-electron chi connectivity index (χ2n) is 3.06. The van der Waals surface area contributed by atoms with Crippen LogP contribution in [0.5, 0.6) is 0 Å². The van der Waals surface area contributed by atoms with Crippen LogP contribution in [-0.4, -0.2) is 46.0 Å². The first kappa shape index (κ1) is 14.2. The van der Waals surface area contributed by atoms with E-state index in [9.17, 15) is 14.4 Å². The van der Waals surface area contributed by atoms with Crippen molar-refractivity contribution >= 4 is 17.8 Å². The van der Waals surface area contributed by atoms with E-state index in [-0.39, 0.29) is 5.91 Å². The number of carboxylic acids is 2. The Kier molecular flexibility index (Phi) is 5.84. The molecule has 0 saturated carbocycles. The van der Waals surface area contributed by atoms with E-state index in [4.69, 9.17) is 10.2 Å². The molecule has 0 radical (unpaired) electrons. The molecule has 0 aromatic heterocycles. The molecule has 0 aromatic carbocycles. The summed E-state index contributed by atoms with van der Waals surface area (Å²) >= 11 is 0. The second-order valence-corrected chi connectivity index (χ2v) is 3.06. The van der Waals surface area contributed by atoms with Crippen LogP contribution in [0.1, 0.15) is 20.3 Å². The third-order valence-electron chi connectivity index (χ3n) is 2.03. The molecule has 0 aliphatic rings. The molecule has 0 aromatic rings. The van der Waals surface area contributed by atoms with E-state index in [1.54, 1.807) is 13.8 Å². The van der Waals surface area contributed by atoms with Crippen LogP contribution in [0.4, 0.5) is 0 Å². The summed E-state index contributed by atoms with van der Waals surface area (Å²) in [5.74, 6) is -3.15. The molecule has 0 unspecified atom stereocenters. The number of carbonyl (C=O) groups excluding carboxylic acids is 1. The molecule has 0 saturated heterocycles. The summed E-state index contributed by atoms with van der Waals surface area (Å²) in [5.41, 5.74) is -0.413. The van der Waals surface area contributed by atoms with Gasteiger partial charge in [0.05, 0.1) is 12.0 Å². The van der Waals surface area contributed by atoms with Crippen LogP contribution in [0.15, 0.2) is 11.6 Å². The van der Waals surface area contributed by atoms with E-state index in [0.29, 0.717) is 19.2 Å². The quantitative estimate of drug-likeness (QED) is 0.640. The van der Waals surface area contributed by atoms with E-state index in [1.165, 1.54) is 4.90 Å². The summed E-state index contributed by atoms with van der Waals surface area (Å²) in [4.78, 5) is 34.0. The molecular weight excluding hydrogens is 214 g/mol. The maximum atomic E-state index is 11.5. The van der Waals surface area contributed by atoms with Crippen LogP contribution in [0, 0.1) is 0 Å². The topological polar surface area (TPSA) is 94.9 Å². The average Bonchev–Trinajstić information content (AvgIpc) is 2.17. The Morgan fingerprint density at radius 2 is 1.62 bits per heavy atom. The average molecular weight is 229 g/mol. The van der Waals surface area contributed by atoms with Crippen LogP contribution in [0.3, 0.4) is 0 Å². The minimum atomic E-state index is -1.39. The molecule has 16 heavy (non-hydrogen) atoms. The molecule has 0 heterocycles. The summed E-state index contributed by atoms with van der Waals surface area (Å²) in [6.07, 6.45) is 0.146. The molecule has 2 N–H and O–H groups in total. The first-order chi connectivity index (χ1) is 7.42. The van der Waals surface area contributed by atoms with Crippen molar-refractivity contribution in [3.63, 3.8) is 0 Å². The Morgan fingerprint density at radius 1 is 1.12 bits per heavy atom. The highest BCUT2D eigenvalue weighted by Crippen LogP contribution is 2.05. The van der Waals surface area contributed by atoms with Gasteiger partial charge in [-0.1, -0.05) is 0 Å². The number of carboxylic acid groups (broad SMARTS) is 2. The maximum Gasteiger partial charge on any atom is 0.332 e. The molecule has 0 atom stereocenters. The Balaban J connectivity index is 4.71.